The van der Waals surface area contributed by atoms with Crippen LogP contribution in [-0.4, -0.2) is 20.8 Å². The molecular weight excluding hydrogens is 260 g/mol. The maximum Gasteiger partial charge on any atom is 0.154 e. The third-order valence-electron chi connectivity index (χ3n) is 2.90. The van der Waals surface area contributed by atoms with Crippen molar-refractivity contribution in [2.45, 2.75) is 40.3 Å². The van der Waals surface area contributed by atoms with Crippen molar-refractivity contribution in [1.29, 1.82) is 0 Å². The molecule has 0 bridgehead atoms. The van der Waals surface area contributed by atoms with Crippen molar-refractivity contribution < 1.29 is 0 Å². The molecule has 2 aromatic heterocycles. The number of nitrogens with zero attached hydrogens (tertiary/aromatic N) is 3. The summed E-state index contributed by atoms with van der Waals surface area (Å²) in [5.41, 5.74) is 2.74. The first kappa shape index (κ1) is 14.0. The lowest BCUT2D eigenvalue weighted by atomic mass is 10.3. The molecule has 0 fully saturated rings. The van der Waals surface area contributed by atoms with Crippen LogP contribution in [0, 0.1) is 13.8 Å². The molecule has 0 aliphatic carbocycles. The van der Waals surface area contributed by atoms with Crippen molar-refractivity contribution in [3.05, 3.63) is 40.3 Å². The van der Waals surface area contributed by atoms with Gasteiger partial charge in [0.2, 0.25) is 0 Å². The van der Waals surface area contributed by atoms with Gasteiger partial charge in [0, 0.05) is 12.6 Å². The Morgan fingerprint density at radius 2 is 2.05 bits per heavy atom. The fraction of sp³-hybridized carbons (Fsp3) is 0.429. The van der Waals surface area contributed by atoms with E-state index in [2.05, 4.69) is 29.2 Å². The van der Waals surface area contributed by atoms with Crippen LogP contribution >= 0.6 is 11.6 Å². The third kappa shape index (κ3) is 3.14. The number of aryl methyl sites for hydroxylation is 1. The third-order valence-corrected chi connectivity index (χ3v) is 3.45. The van der Waals surface area contributed by atoms with Gasteiger partial charge < -0.3 is 5.32 Å². The molecule has 4 nitrogen and oxygen atoms in total. The largest absolute Gasteiger partial charge is 0.309 e. The van der Waals surface area contributed by atoms with Crippen LogP contribution in [0.2, 0.25) is 5.02 Å². The molecule has 0 radical (unpaired) electrons. The van der Waals surface area contributed by atoms with Crippen molar-refractivity contribution in [3.63, 3.8) is 0 Å². The van der Waals surface area contributed by atoms with Crippen LogP contribution in [0.15, 0.2) is 18.2 Å². The predicted octanol–water partition coefficient (Wildman–Crippen LogP) is 3.04. The molecule has 0 amide bonds. The molecule has 0 aliphatic rings. The normalized spacial score (nSPS) is 11.3. The van der Waals surface area contributed by atoms with Gasteiger partial charge in [0.1, 0.15) is 0 Å². The maximum atomic E-state index is 6.17. The molecule has 0 aliphatic heterocycles. The van der Waals surface area contributed by atoms with Gasteiger partial charge in [-0.05, 0) is 26.0 Å². The van der Waals surface area contributed by atoms with E-state index in [9.17, 15) is 0 Å². The summed E-state index contributed by atoms with van der Waals surface area (Å²) in [7, 11) is 0. The van der Waals surface area contributed by atoms with Gasteiger partial charge in [-0.25, -0.2) is 9.67 Å². The van der Waals surface area contributed by atoms with E-state index >= 15 is 0 Å². The van der Waals surface area contributed by atoms with Gasteiger partial charge >= 0.3 is 0 Å². The smallest absolute Gasteiger partial charge is 0.154 e. The molecule has 2 heterocycles. The Hall–Kier alpha value is -1.39. The van der Waals surface area contributed by atoms with Gasteiger partial charge in [0.25, 0.3) is 0 Å². The zero-order valence-corrected chi connectivity index (χ0v) is 12.5. The zero-order chi connectivity index (χ0) is 14.0. The summed E-state index contributed by atoms with van der Waals surface area (Å²) in [6.07, 6.45) is 0. The van der Waals surface area contributed by atoms with Crippen LogP contribution < -0.4 is 5.32 Å². The topological polar surface area (TPSA) is 42.7 Å². The Labute approximate surface area is 118 Å². The van der Waals surface area contributed by atoms with Gasteiger partial charge in [-0.3, -0.25) is 0 Å². The summed E-state index contributed by atoms with van der Waals surface area (Å²) in [6.45, 7) is 8.83. The Kier molecular flexibility index (Phi) is 4.22. The van der Waals surface area contributed by atoms with Gasteiger partial charge in [-0.1, -0.05) is 31.5 Å². The quantitative estimate of drug-likeness (QED) is 0.935. The van der Waals surface area contributed by atoms with E-state index in [4.69, 9.17) is 11.6 Å². The number of halogens is 1. The van der Waals surface area contributed by atoms with E-state index in [1.165, 1.54) is 0 Å². The highest BCUT2D eigenvalue weighted by atomic mass is 35.5. The molecule has 0 aromatic carbocycles. The zero-order valence-electron chi connectivity index (χ0n) is 11.7. The molecule has 2 rings (SSSR count). The summed E-state index contributed by atoms with van der Waals surface area (Å²) in [6, 6.07) is 6.37. The highest BCUT2D eigenvalue weighted by molar-refractivity contribution is 6.31. The number of aromatic nitrogens is 3. The minimum atomic E-state index is 0.439. The molecular formula is C14H19ClN4. The Bertz CT molecular complexity index is 575. The van der Waals surface area contributed by atoms with Gasteiger partial charge in [-0.15, -0.1) is 0 Å². The lowest BCUT2D eigenvalue weighted by Gasteiger charge is -2.09. The van der Waals surface area contributed by atoms with Crippen LogP contribution in [-0.2, 0) is 6.54 Å². The molecule has 0 unspecified atom stereocenters. The molecule has 19 heavy (non-hydrogen) atoms. The standard InChI is InChI=1S/C14H19ClN4/c1-9(2)16-8-12-6-5-7-13(17-12)19-11(4)14(15)10(3)18-19/h5-7,9,16H,8H2,1-4H3. The van der Waals surface area contributed by atoms with E-state index in [1.807, 2.05) is 32.0 Å². The number of hydrogen-bond donors (Lipinski definition) is 1. The first-order valence-corrected chi connectivity index (χ1v) is 6.78. The summed E-state index contributed by atoms with van der Waals surface area (Å²) < 4.78 is 1.79. The van der Waals surface area contributed by atoms with Crippen molar-refractivity contribution in [2.24, 2.45) is 0 Å². The highest BCUT2D eigenvalue weighted by Crippen LogP contribution is 2.21. The van der Waals surface area contributed by atoms with Gasteiger partial charge in [0.15, 0.2) is 5.82 Å². The lowest BCUT2D eigenvalue weighted by Crippen LogP contribution is -2.22. The van der Waals surface area contributed by atoms with Gasteiger partial charge in [0.05, 0.1) is 22.1 Å². The van der Waals surface area contributed by atoms with Crippen LogP contribution in [0.4, 0.5) is 0 Å². The summed E-state index contributed by atoms with van der Waals surface area (Å²) in [5.74, 6) is 0.801. The van der Waals surface area contributed by atoms with E-state index in [0.717, 1.165) is 29.4 Å². The number of pyridine rings is 1. The lowest BCUT2D eigenvalue weighted by molar-refractivity contribution is 0.580. The fourth-order valence-electron chi connectivity index (χ4n) is 1.84. The van der Waals surface area contributed by atoms with Crippen LogP contribution in [0.3, 0.4) is 0 Å². The average Bonchev–Trinajstić information content (AvgIpc) is 2.64. The second-order valence-electron chi connectivity index (χ2n) is 4.92. The first-order valence-electron chi connectivity index (χ1n) is 6.40. The molecule has 0 saturated heterocycles. The first-order chi connectivity index (χ1) is 8.99. The molecule has 1 N–H and O–H groups in total. The number of rotatable bonds is 4. The second kappa shape index (κ2) is 5.72. The minimum absolute atomic E-state index is 0.439. The summed E-state index contributed by atoms with van der Waals surface area (Å²) in [4.78, 5) is 4.61. The van der Waals surface area contributed by atoms with Gasteiger partial charge in [-0.2, -0.15) is 5.10 Å². The average molecular weight is 279 g/mol. The molecule has 0 saturated carbocycles. The number of hydrogen-bond acceptors (Lipinski definition) is 3. The highest BCUT2D eigenvalue weighted by Gasteiger charge is 2.11. The molecule has 0 atom stereocenters. The van der Waals surface area contributed by atoms with Crippen molar-refractivity contribution in [2.75, 3.05) is 0 Å². The number of nitrogens with one attached hydrogen (secondary N) is 1. The van der Waals surface area contributed by atoms with Crippen LogP contribution in [0.5, 0.6) is 0 Å². The summed E-state index contributed by atoms with van der Waals surface area (Å²) >= 11 is 6.17. The molecule has 0 spiro atoms. The summed E-state index contributed by atoms with van der Waals surface area (Å²) in [5, 5.41) is 8.47. The monoisotopic (exact) mass is 278 g/mol. The Balaban J connectivity index is 2.30. The second-order valence-corrected chi connectivity index (χ2v) is 5.30. The Morgan fingerprint density at radius 3 is 2.63 bits per heavy atom. The minimum Gasteiger partial charge on any atom is -0.309 e. The Morgan fingerprint density at radius 1 is 1.32 bits per heavy atom. The SMILES string of the molecule is Cc1nn(-c2cccc(CNC(C)C)n2)c(C)c1Cl. The molecule has 5 heteroatoms. The van der Waals surface area contributed by atoms with Crippen molar-refractivity contribution in [3.8, 4) is 5.82 Å². The predicted molar refractivity (Wildman–Crippen MR) is 77.8 cm³/mol. The van der Waals surface area contributed by atoms with E-state index < -0.39 is 0 Å². The van der Waals surface area contributed by atoms with Crippen molar-refractivity contribution in [1.82, 2.24) is 20.1 Å². The van der Waals surface area contributed by atoms with Crippen LogP contribution in [0.25, 0.3) is 5.82 Å². The van der Waals surface area contributed by atoms with Crippen LogP contribution in [0.1, 0.15) is 30.9 Å². The maximum absolute atomic E-state index is 6.17. The molecule has 2 aromatic rings. The van der Waals surface area contributed by atoms with E-state index in [1.54, 1.807) is 4.68 Å². The van der Waals surface area contributed by atoms with E-state index in [-0.39, 0.29) is 0 Å². The van der Waals surface area contributed by atoms with Crippen molar-refractivity contribution >= 4 is 11.6 Å². The fourth-order valence-corrected chi connectivity index (χ4v) is 1.96. The van der Waals surface area contributed by atoms with E-state index in [0.29, 0.717) is 11.1 Å². The molecule has 102 valence electrons.